The highest BCUT2D eigenvalue weighted by Crippen LogP contribution is 2.40. The van der Waals surface area contributed by atoms with Crippen LogP contribution in [0.2, 0.25) is 0 Å². The third-order valence-corrected chi connectivity index (χ3v) is 5.33. The fourth-order valence-electron chi connectivity index (χ4n) is 3.69. The average Bonchev–Trinajstić information content (AvgIpc) is 3.00. The topological polar surface area (TPSA) is 48.9 Å². The molecule has 0 amide bonds. The summed E-state index contributed by atoms with van der Waals surface area (Å²) >= 11 is 0. The second-order valence-corrected chi connectivity index (χ2v) is 8.00. The van der Waals surface area contributed by atoms with Gasteiger partial charge in [0, 0.05) is 39.9 Å². The molecule has 1 fully saturated rings. The van der Waals surface area contributed by atoms with E-state index in [1.165, 1.54) is 32.1 Å². The van der Waals surface area contributed by atoms with Crippen molar-refractivity contribution in [1.82, 2.24) is 15.5 Å². The predicted molar refractivity (Wildman–Crippen MR) is 119 cm³/mol. The average molecular weight is 468 g/mol. The van der Waals surface area contributed by atoms with E-state index >= 15 is 0 Å². The molecule has 2 N–H and O–H groups in total. The van der Waals surface area contributed by atoms with Gasteiger partial charge in [-0.15, -0.1) is 24.0 Å². The zero-order valence-corrected chi connectivity index (χ0v) is 19.6. The van der Waals surface area contributed by atoms with Crippen molar-refractivity contribution in [2.45, 2.75) is 58.4 Å². The number of likely N-dealkylation sites (N-methyl/N-ethyl adjacent to an activating group) is 1. The second kappa shape index (κ2) is 13.1. The number of ether oxygens (including phenoxy) is 1. The summed E-state index contributed by atoms with van der Waals surface area (Å²) in [4.78, 5) is 6.72. The van der Waals surface area contributed by atoms with E-state index in [0.717, 1.165) is 32.1 Å². The molecule has 0 aliphatic heterocycles. The van der Waals surface area contributed by atoms with E-state index in [2.05, 4.69) is 48.5 Å². The number of hydrogen-bond acceptors (Lipinski definition) is 3. The van der Waals surface area contributed by atoms with Gasteiger partial charge in [0.2, 0.25) is 0 Å². The molecule has 150 valence electrons. The van der Waals surface area contributed by atoms with Crippen molar-refractivity contribution < 1.29 is 4.74 Å². The van der Waals surface area contributed by atoms with E-state index in [0.29, 0.717) is 17.4 Å². The van der Waals surface area contributed by atoms with E-state index in [9.17, 15) is 0 Å². The molecule has 1 aliphatic rings. The first-order chi connectivity index (χ1) is 11.4. The molecule has 1 rings (SSSR count). The standard InChI is InChI=1S/C19H40N4O.HI/c1-16(2)13-17(23(4)5)14-21-18(20-3)22-15-19(11-12-24-6)9-7-8-10-19;/h16-17H,7-15H2,1-6H3,(H2,20,21,22);1H. The summed E-state index contributed by atoms with van der Waals surface area (Å²) in [6.07, 6.45) is 7.61. The van der Waals surface area contributed by atoms with Gasteiger partial charge >= 0.3 is 0 Å². The first kappa shape index (κ1) is 24.9. The van der Waals surface area contributed by atoms with Crippen molar-refractivity contribution >= 4 is 29.9 Å². The maximum Gasteiger partial charge on any atom is 0.191 e. The van der Waals surface area contributed by atoms with E-state index in [4.69, 9.17) is 4.74 Å². The summed E-state index contributed by atoms with van der Waals surface area (Å²) in [6, 6.07) is 0.525. The van der Waals surface area contributed by atoms with Crippen molar-refractivity contribution in [3.05, 3.63) is 0 Å². The Morgan fingerprint density at radius 1 is 1.20 bits per heavy atom. The molecule has 1 unspecified atom stereocenters. The number of methoxy groups -OCH3 is 1. The van der Waals surface area contributed by atoms with Crippen LogP contribution < -0.4 is 10.6 Å². The minimum absolute atomic E-state index is 0. The van der Waals surface area contributed by atoms with Crippen LogP contribution in [0.3, 0.4) is 0 Å². The zero-order chi connectivity index (χ0) is 18.0. The van der Waals surface area contributed by atoms with Gasteiger partial charge < -0.3 is 20.3 Å². The lowest BCUT2D eigenvalue weighted by molar-refractivity contribution is 0.138. The molecule has 0 aromatic rings. The monoisotopic (exact) mass is 468 g/mol. The van der Waals surface area contributed by atoms with Gasteiger partial charge in [0.05, 0.1) is 0 Å². The van der Waals surface area contributed by atoms with Crippen LogP contribution in [0.5, 0.6) is 0 Å². The molecule has 1 saturated carbocycles. The highest BCUT2D eigenvalue weighted by Gasteiger charge is 2.33. The maximum absolute atomic E-state index is 5.33. The van der Waals surface area contributed by atoms with Crippen LogP contribution in [0.4, 0.5) is 0 Å². The van der Waals surface area contributed by atoms with Crippen LogP contribution in [0.25, 0.3) is 0 Å². The minimum atomic E-state index is 0. The summed E-state index contributed by atoms with van der Waals surface area (Å²) in [6.45, 7) is 7.33. The lowest BCUT2D eigenvalue weighted by Gasteiger charge is -2.31. The molecular formula is C19H41IN4O. The number of halogens is 1. The Balaban J connectivity index is 0.00000576. The van der Waals surface area contributed by atoms with Gasteiger partial charge in [-0.05, 0) is 51.1 Å². The van der Waals surface area contributed by atoms with Gasteiger partial charge in [0.15, 0.2) is 5.96 Å². The SMILES string of the molecule is CN=C(NCC(CC(C)C)N(C)C)NCC1(CCOC)CCCC1.I. The maximum atomic E-state index is 5.33. The lowest BCUT2D eigenvalue weighted by atomic mass is 9.83. The Kier molecular flexibility index (Phi) is 13.1. The number of hydrogen-bond donors (Lipinski definition) is 2. The number of guanidine groups is 1. The first-order valence-electron chi connectivity index (χ1n) is 9.52. The summed E-state index contributed by atoms with van der Waals surface area (Å²) in [5, 5.41) is 7.09. The van der Waals surface area contributed by atoms with Crippen molar-refractivity contribution in [1.29, 1.82) is 0 Å². The molecule has 25 heavy (non-hydrogen) atoms. The molecule has 1 atom stereocenters. The molecule has 0 saturated heterocycles. The normalized spacial score (nSPS) is 18.3. The molecule has 0 spiro atoms. The van der Waals surface area contributed by atoms with Gasteiger partial charge in [-0.3, -0.25) is 4.99 Å². The van der Waals surface area contributed by atoms with Gasteiger partial charge in [-0.1, -0.05) is 26.7 Å². The second-order valence-electron chi connectivity index (χ2n) is 8.00. The fourth-order valence-corrected chi connectivity index (χ4v) is 3.69. The Morgan fingerprint density at radius 3 is 2.32 bits per heavy atom. The molecule has 0 heterocycles. The number of aliphatic imine (C=N–C) groups is 1. The lowest BCUT2D eigenvalue weighted by Crippen LogP contribution is -2.48. The Morgan fingerprint density at radius 2 is 1.84 bits per heavy atom. The highest BCUT2D eigenvalue weighted by molar-refractivity contribution is 14.0. The zero-order valence-electron chi connectivity index (χ0n) is 17.2. The Labute approximate surface area is 172 Å². The van der Waals surface area contributed by atoms with Crippen LogP contribution >= 0.6 is 24.0 Å². The minimum Gasteiger partial charge on any atom is -0.385 e. The third-order valence-electron chi connectivity index (χ3n) is 5.33. The highest BCUT2D eigenvalue weighted by atomic mass is 127. The summed E-state index contributed by atoms with van der Waals surface area (Å²) in [7, 11) is 7.97. The molecule has 1 aliphatic carbocycles. The van der Waals surface area contributed by atoms with E-state index in [-0.39, 0.29) is 24.0 Å². The van der Waals surface area contributed by atoms with Crippen molar-refractivity contribution in [3.63, 3.8) is 0 Å². The van der Waals surface area contributed by atoms with Crippen LogP contribution in [0, 0.1) is 11.3 Å². The summed E-state index contributed by atoms with van der Waals surface area (Å²) < 4.78 is 5.33. The summed E-state index contributed by atoms with van der Waals surface area (Å²) in [5.74, 6) is 1.62. The van der Waals surface area contributed by atoms with Gasteiger partial charge in [0.25, 0.3) is 0 Å². The van der Waals surface area contributed by atoms with E-state index in [1.807, 2.05) is 7.05 Å². The fraction of sp³-hybridized carbons (Fsp3) is 0.947. The number of rotatable bonds is 10. The number of nitrogens with one attached hydrogen (secondary N) is 2. The van der Waals surface area contributed by atoms with Crippen LogP contribution in [-0.4, -0.2) is 64.9 Å². The molecular weight excluding hydrogens is 427 g/mol. The van der Waals surface area contributed by atoms with Gasteiger partial charge in [0.1, 0.15) is 0 Å². The van der Waals surface area contributed by atoms with E-state index in [1.54, 1.807) is 7.11 Å². The van der Waals surface area contributed by atoms with Gasteiger partial charge in [-0.25, -0.2) is 0 Å². The smallest absolute Gasteiger partial charge is 0.191 e. The predicted octanol–water partition coefficient (Wildman–Crippen LogP) is 3.34. The van der Waals surface area contributed by atoms with E-state index < -0.39 is 0 Å². The quantitative estimate of drug-likeness (QED) is 0.293. The first-order valence-corrected chi connectivity index (χ1v) is 9.52. The third kappa shape index (κ3) is 9.43. The van der Waals surface area contributed by atoms with Crippen molar-refractivity contribution in [2.24, 2.45) is 16.3 Å². The summed E-state index contributed by atoms with van der Waals surface area (Å²) in [5.41, 5.74) is 0.381. The molecule has 0 bridgehead atoms. The Bertz CT molecular complexity index is 368. The molecule has 0 aromatic carbocycles. The molecule has 6 heteroatoms. The van der Waals surface area contributed by atoms with Crippen LogP contribution in [-0.2, 0) is 4.74 Å². The molecule has 5 nitrogen and oxygen atoms in total. The largest absolute Gasteiger partial charge is 0.385 e. The van der Waals surface area contributed by atoms with Gasteiger partial charge in [-0.2, -0.15) is 0 Å². The number of nitrogens with zero attached hydrogens (tertiary/aromatic N) is 2. The van der Waals surface area contributed by atoms with Crippen molar-refractivity contribution in [2.75, 3.05) is 47.9 Å². The van der Waals surface area contributed by atoms with Crippen molar-refractivity contribution in [3.8, 4) is 0 Å². The molecule has 0 aromatic heterocycles. The van der Waals surface area contributed by atoms with Crippen LogP contribution in [0.1, 0.15) is 52.4 Å². The Hall–Kier alpha value is -0.0800. The van der Waals surface area contributed by atoms with Crippen LogP contribution in [0.15, 0.2) is 4.99 Å². The molecule has 0 radical (unpaired) electrons.